The summed E-state index contributed by atoms with van der Waals surface area (Å²) >= 11 is 0. The largest absolute Gasteiger partial charge is 0.481 e. The third kappa shape index (κ3) is 4.19. The van der Waals surface area contributed by atoms with Crippen LogP contribution in [0.15, 0.2) is 30.3 Å². The van der Waals surface area contributed by atoms with Crippen LogP contribution in [-0.4, -0.2) is 42.6 Å². The SMILES string of the molecule is O=C(O)CC1(NC(=O)OCc2ccccc2)CS(=O)(=O)C1. The molecule has 2 N–H and O–H groups in total. The Kier molecular flexibility index (Phi) is 4.17. The highest BCUT2D eigenvalue weighted by molar-refractivity contribution is 7.93. The number of rotatable bonds is 5. The van der Waals surface area contributed by atoms with E-state index in [0.717, 1.165) is 5.56 Å². The first-order chi connectivity index (χ1) is 9.80. The second-order valence-corrected chi connectivity index (χ2v) is 7.13. The lowest BCUT2D eigenvalue weighted by molar-refractivity contribution is -0.138. The number of benzene rings is 1. The fourth-order valence-electron chi connectivity index (χ4n) is 2.28. The second kappa shape index (κ2) is 5.72. The molecule has 1 aromatic carbocycles. The summed E-state index contributed by atoms with van der Waals surface area (Å²) in [7, 11) is -3.28. The van der Waals surface area contributed by atoms with Gasteiger partial charge in [0.15, 0.2) is 9.84 Å². The number of carbonyl (C=O) groups excluding carboxylic acids is 1. The molecule has 1 aliphatic rings. The van der Waals surface area contributed by atoms with Crippen LogP contribution in [0, 0.1) is 0 Å². The fraction of sp³-hybridized carbons (Fsp3) is 0.385. The molecule has 8 heteroatoms. The first-order valence-electron chi connectivity index (χ1n) is 6.21. The van der Waals surface area contributed by atoms with Crippen LogP contribution in [0.2, 0.25) is 0 Å². The molecule has 0 aliphatic carbocycles. The first-order valence-corrected chi connectivity index (χ1v) is 8.04. The average molecular weight is 313 g/mol. The summed E-state index contributed by atoms with van der Waals surface area (Å²) in [4.78, 5) is 22.5. The van der Waals surface area contributed by atoms with Gasteiger partial charge >= 0.3 is 12.1 Å². The number of alkyl carbamates (subject to hydrolysis) is 1. The number of sulfone groups is 1. The zero-order valence-electron chi connectivity index (χ0n) is 11.1. The van der Waals surface area contributed by atoms with Crippen LogP contribution >= 0.6 is 0 Å². The van der Waals surface area contributed by atoms with Gasteiger partial charge in [0.05, 0.1) is 23.5 Å². The third-order valence-electron chi connectivity index (χ3n) is 3.06. The van der Waals surface area contributed by atoms with Crippen LogP contribution in [0.5, 0.6) is 0 Å². The molecule has 0 bridgehead atoms. The minimum atomic E-state index is -3.28. The molecule has 7 nitrogen and oxygen atoms in total. The molecule has 21 heavy (non-hydrogen) atoms. The molecule has 114 valence electrons. The Morgan fingerprint density at radius 2 is 1.86 bits per heavy atom. The van der Waals surface area contributed by atoms with E-state index in [-0.39, 0.29) is 18.1 Å². The Morgan fingerprint density at radius 3 is 2.38 bits per heavy atom. The molecular formula is C13H15NO6S. The average Bonchev–Trinajstić information content (AvgIpc) is 2.34. The Hall–Kier alpha value is -2.09. The van der Waals surface area contributed by atoms with Gasteiger partial charge in [-0.2, -0.15) is 0 Å². The predicted molar refractivity (Wildman–Crippen MR) is 73.4 cm³/mol. The number of hydrogen-bond acceptors (Lipinski definition) is 5. The summed E-state index contributed by atoms with van der Waals surface area (Å²) in [5.41, 5.74) is -0.487. The van der Waals surface area contributed by atoms with E-state index in [4.69, 9.17) is 9.84 Å². The molecule has 0 spiro atoms. The number of carboxylic acid groups (broad SMARTS) is 1. The molecule has 1 fully saturated rings. The smallest absolute Gasteiger partial charge is 0.407 e. The van der Waals surface area contributed by atoms with E-state index in [1.54, 1.807) is 24.3 Å². The van der Waals surface area contributed by atoms with Crippen LogP contribution in [0.3, 0.4) is 0 Å². The van der Waals surface area contributed by atoms with Crippen molar-refractivity contribution in [3.63, 3.8) is 0 Å². The molecule has 1 heterocycles. The molecule has 1 saturated heterocycles. The van der Waals surface area contributed by atoms with Crippen molar-refractivity contribution in [3.8, 4) is 0 Å². The molecule has 0 saturated carbocycles. The van der Waals surface area contributed by atoms with Crippen LogP contribution in [0.4, 0.5) is 4.79 Å². The zero-order chi connectivity index (χ0) is 15.5. The quantitative estimate of drug-likeness (QED) is 0.821. The molecule has 0 aromatic heterocycles. The molecule has 0 unspecified atom stereocenters. The Labute approximate surface area is 121 Å². The lowest BCUT2D eigenvalue weighted by atomic mass is 9.99. The van der Waals surface area contributed by atoms with Gasteiger partial charge in [0.2, 0.25) is 0 Å². The molecule has 2 rings (SSSR count). The minimum absolute atomic E-state index is 0.0303. The molecule has 1 aliphatic heterocycles. The standard InChI is InChI=1S/C13H15NO6S/c15-11(16)6-13(8-21(18,19)9-13)14-12(17)20-7-10-4-2-1-3-5-10/h1-5H,6-9H2,(H,14,17)(H,15,16). The fourth-order valence-corrected chi connectivity index (χ4v) is 4.23. The summed E-state index contributed by atoms with van der Waals surface area (Å²) in [6.45, 7) is 0.0303. The van der Waals surface area contributed by atoms with Gasteiger partial charge in [-0.25, -0.2) is 13.2 Å². The van der Waals surface area contributed by atoms with Gasteiger partial charge in [0.1, 0.15) is 6.61 Å². The Balaban J connectivity index is 1.92. The van der Waals surface area contributed by atoms with Crippen molar-refractivity contribution in [2.24, 2.45) is 0 Å². The summed E-state index contributed by atoms with van der Waals surface area (Å²) in [6.07, 6.45) is -1.28. The van der Waals surface area contributed by atoms with E-state index in [2.05, 4.69) is 5.32 Å². The predicted octanol–water partition coefficient (Wildman–Crippen LogP) is 0.555. The van der Waals surface area contributed by atoms with Crippen molar-refractivity contribution in [2.75, 3.05) is 11.5 Å². The number of nitrogens with one attached hydrogen (secondary N) is 1. The maximum atomic E-state index is 11.7. The second-order valence-electron chi connectivity index (χ2n) is 5.07. The minimum Gasteiger partial charge on any atom is -0.481 e. The number of amides is 1. The van der Waals surface area contributed by atoms with E-state index in [0.29, 0.717) is 0 Å². The summed E-state index contributed by atoms with van der Waals surface area (Å²) in [5.74, 6) is -1.94. The summed E-state index contributed by atoms with van der Waals surface area (Å²) < 4.78 is 27.5. The monoisotopic (exact) mass is 313 g/mol. The van der Waals surface area contributed by atoms with Crippen molar-refractivity contribution in [2.45, 2.75) is 18.6 Å². The van der Waals surface area contributed by atoms with Gasteiger partial charge in [0, 0.05) is 0 Å². The Bertz CT molecular complexity index is 628. The molecule has 1 amide bonds. The van der Waals surface area contributed by atoms with Crippen LogP contribution in [-0.2, 0) is 26.0 Å². The van der Waals surface area contributed by atoms with Gasteiger partial charge in [0.25, 0.3) is 0 Å². The molecular weight excluding hydrogens is 298 g/mol. The van der Waals surface area contributed by atoms with Gasteiger partial charge in [-0.3, -0.25) is 4.79 Å². The van der Waals surface area contributed by atoms with Crippen molar-refractivity contribution in [1.82, 2.24) is 5.32 Å². The van der Waals surface area contributed by atoms with Gasteiger partial charge in [-0.15, -0.1) is 0 Å². The number of ether oxygens (including phenoxy) is 1. The van der Waals surface area contributed by atoms with Crippen LogP contribution in [0.25, 0.3) is 0 Å². The van der Waals surface area contributed by atoms with Gasteiger partial charge < -0.3 is 15.2 Å². The highest BCUT2D eigenvalue weighted by Gasteiger charge is 2.51. The zero-order valence-corrected chi connectivity index (χ0v) is 11.9. The van der Waals surface area contributed by atoms with E-state index in [9.17, 15) is 18.0 Å². The van der Waals surface area contributed by atoms with Crippen molar-refractivity contribution in [1.29, 1.82) is 0 Å². The highest BCUT2D eigenvalue weighted by Crippen LogP contribution is 2.27. The molecule has 0 atom stereocenters. The van der Waals surface area contributed by atoms with E-state index >= 15 is 0 Å². The van der Waals surface area contributed by atoms with E-state index in [1.165, 1.54) is 0 Å². The topological polar surface area (TPSA) is 110 Å². The summed E-state index contributed by atoms with van der Waals surface area (Å²) in [5, 5.41) is 11.2. The number of hydrogen-bond donors (Lipinski definition) is 2. The van der Waals surface area contributed by atoms with Gasteiger partial charge in [-0.1, -0.05) is 30.3 Å². The molecule has 1 aromatic rings. The lowest BCUT2D eigenvalue weighted by Gasteiger charge is -2.39. The maximum absolute atomic E-state index is 11.7. The first kappa shape index (κ1) is 15.3. The number of carboxylic acids is 1. The number of aliphatic carboxylic acids is 1. The van der Waals surface area contributed by atoms with Crippen molar-refractivity contribution < 1.29 is 27.9 Å². The van der Waals surface area contributed by atoms with Crippen molar-refractivity contribution in [3.05, 3.63) is 35.9 Å². The molecule has 0 radical (unpaired) electrons. The van der Waals surface area contributed by atoms with E-state index < -0.39 is 33.9 Å². The maximum Gasteiger partial charge on any atom is 0.407 e. The summed E-state index contributed by atoms with van der Waals surface area (Å²) in [6, 6.07) is 8.95. The van der Waals surface area contributed by atoms with Crippen LogP contribution in [0.1, 0.15) is 12.0 Å². The number of carbonyl (C=O) groups is 2. The van der Waals surface area contributed by atoms with Crippen LogP contribution < -0.4 is 5.32 Å². The van der Waals surface area contributed by atoms with E-state index in [1.807, 2.05) is 6.07 Å². The Morgan fingerprint density at radius 1 is 1.24 bits per heavy atom. The third-order valence-corrected chi connectivity index (χ3v) is 5.05. The van der Waals surface area contributed by atoms with Crippen molar-refractivity contribution >= 4 is 21.9 Å². The normalized spacial score (nSPS) is 18.3. The van der Waals surface area contributed by atoms with Gasteiger partial charge in [-0.05, 0) is 5.56 Å². The highest BCUT2D eigenvalue weighted by atomic mass is 32.2. The lowest BCUT2D eigenvalue weighted by Crippen LogP contribution is -2.66.